The van der Waals surface area contributed by atoms with Gasteiger partial charge in [-0.15, -0.1) is 0 Å². The maximum absolute atomic E-state index is 10.5. The molecule has 0 fully saturated rings. The Morgan fingerprint density at radius 2 is 2.29 bits per heavy atom. The van der Waals surface area contributed by atoms with Crippen LogP contribution < -0.4 is 5.73 Å². The summed E-state index contributed by atoms with van der Waals surface area (Å²) in [6, 6.07) is 5.01. The molecule has 0 aliphatic carbocycles. The number of amides is 1. The van der Waals surface area contributed by atoms with Crippen LogP contribution in [0.3, 0.4) is 0 Å². The van der Waals surface area contributed by atoms with Crippen molar-refractivity contribution in [1.82, 2.24) is 4.90 Å². The number of nitrogens with two attached hydrogens (primary N) is 1. The minimum Gasteiger partial charge on any atom is -0.465 e. The summed E-state index contributed by atoms with van der Waals surface area (Å²) >= 11 is 5.88. The molecule has 3 N–H and O–H groups in total. The van der Waals surface area contributed by atoms with Crippen LogP contribution in [-0.2, 0) is 6.54 Å². The van der Waals surface area contributed by atoms with E-state index in [2.05, 4.69) is 0 Å². The standard InChI is InChI=1S/C9H11ClN2O2/c1-12(9(13)14)5-6-2-3-7(11)4-8(6)10/h2-4H,5,11H2,1H3,(H,13,14). The number of nitrogens with zero attached hydrogens (tertiary/aromatic N) is 1. The topological polar surface area (TPSA) is 66.6 Å². The first-order valence-corrected chi connectivity index (χ1v) is 4.36. The van der Waals surface area contributed by atoms with Crippen molar-refractivity contribution in [3.05, 3.63) is 28.8 Å². The molecular formula is C9H11ClN2O2. The van der Waals surface area contributed by atoms with Crippen LogP contribution in [0.15, 0.2) is 18.2 Å². The lowest BCUT2D eigenvalue weighted by Crippen LogP contribution is -2.24. The molecule has 0 spiro atoms. The van der Waals surface area contributed by atoms with Gasteiger partial charge < -0.3 is 15.7 Å². The van der Waals surface area contributed by atoms with Gasteiger partial charge in [-0.2, -0.15) is 0 Å². The number of carboxylic acid groups (broad SMARTS) is 1. The molecule has 0 atom stereocenters. The van der Waals surface area contributed by atoms with E-state index in [1.54, 1.807) is 18.2 Å². The fourth-order valence-electron chi connectivity index (χ4n) is 1.01. The lowest BCUT2D eigenvalue weighted by Gasteiger charge is -2.13. The lowest BCUT2D eigenvalue weighted by molar-refractivity contribution is 0.154. The molecular weight excluding hydrogens is 204 g/mol. The summed E-state index contributed by atoms with van der Waals surface area (Å²) in [7, 11) is 1.48. The minimum absolute atomic E-state index is 0.258. The molecule has 0 bridgehead atoms. The summed E-state index contributed by atoms with van der Waals surface area (Å²) in [6.07, 6.45) is -0.988. The largest absolute Gasteiger partial charge is 0.465 e. The molecule has 5 heteroatoms. The van der Waals surface area contributed by atoms with Gasteiger partial charge in [0.25, 0.3) is 0 Å². The highest BCUT2D eigenvalue weighted by Crippen LogP contribution is 2.20. The first-order chi connectivity index (χ1) is 6.50. The Labute approximate surface area is 86.9 Å². The number of benzene rings is 1. The van der Waals surface area contributed by atoms with Crippen LogP contribution in [0.4, 0.5) is 10.5 Å². The van der Waals surface area contributed by atoms with Gasteiger partial charge in [0.05, 0.1) is 6.54 Å². The molecule has 0 radical (unpaired) electrons. The van der Waals surface area contributed by atoms with Gasteiger partial charge in [0.1, 0.15) is 0 Å². The molecule has 1 aromatic carbocycles. The summed E-state index contributed by atoms with van der Waals surface area (Å²) < 4.78 is 0. The first kappa shape index (κ1) is 10.7. The Morgan fingerprint density at radius 1 is 1.64 bits per heavy atom. The fourth-order valence-corrected chi connectivity index (χ4v) is 1.26. The number of nitrogen functional groups attached to an aromatic ring is 1. The molecule has 0 heterocycles. The zero-order valence-electron chi connectivity index (χ0n) is 7.70. The van der Waals surface area contributed by atoms with Crippen LogP contribution in [0, 0.1) is 0 Å². The van der Waals surface area contributed by atoms with Crippen LogP contribution in [0.25, 0.3) is 0 Å². The van der Waals surface area contributed by atoms with Gasteiger partial charge >= 0.3 is 6.09 Å². The number of anilines is 1. The van der Waals surface area contributed by atoms with Gasteiger partial charge in [0.15, 0.2) is 0 Å². The molecule has 0 aromatic heterocycles. The Kier molecular flexibility index (Phi) is 3.19. The predicted molar refractivity (Wildman–Crippen MR) is 55.4 cm³/mol. The molecule has 4 nitrogen and oxygen atoms in total. The van der Waals surface area contributed by atoms with E-state index < -0.39 is 6.09 Å². The Hall–Kier alpha value is -1.42. The normalized spacial score (nSPS) is 9.86. The van der Waals surface area contributed by atoms with Crippen LogP contribution in [0.5, 0.6) is 0 Å². The SMILES string of the molecule is CN(Cc1ccc(N)cc1Cl)C(=O)O. The number of hydrogen-bond donors (Lipinski definition) is 2. The van der Waals surface area contributed by atoms with E-state index in [0.29, 0.717) is 10.7 Å². The van der Waals surface area contributed by atoms with Crippen LogP contribution in [-0.4, -0.2) is 23.1 Å². The molecule has 0 aliphatic heterocycles. The zero-order valence-corrected chi connectivity index (χ0v) is 8.45. The Bertz CT molecular complexity index is 355. The van der Waals surface area contributed by atoms with E-state index in [-0.39, 0.29) is 6.54 Å². The van der Waals surface area contributed by atoms with E-state index in [1.165, 1.54) is 7.05 Å². The van der Waals surface area contributed by atoms with E-state index in [9.17, 15) is 4.79 Å². The molecule has 76 valence electrons. The van der Waals surface area contributed by atoms with Crippen molar-refractivity contribution in [2.24, 2.45) is 0 Å². The summed E-state index contributed by atoms with van der Waals surface area (Å²) in [6.45, 7) is 0.258. The maximum atomic E-state index is 10.5. The summed E-state index contributed by atoms with van der Waals surface area (Å²) in [5.41, 5.74) is 6.81. The second-order valence-electron chi connectivity index (χ2n) is 2.99. The van der Waals surface area contributed by atoms with E-state index in [0.717, 1.165) is 10.5 Å². The number of halogens is 1. The van der Waals surface area contributed by atoms with E-state index in [4.69, 9.17) is 22.4 Å². The fraction of sp³-hybridized carbons (Fsp3) is 0.222. The van der Waals surface area contributed by atoms with Crippen molar-refractivity contribution in [1.29, 1.82) is 0 Å². The first-order valence-electron chi connectivity index (χ1n) is 3.98. The van der Waals surface area contributed by atoms with Gasteiger partial charge in [-0.1, -0.05) is 17.7 Å². The summed E-state index contributed by atoms with van der Waals surface area (Å²) in [5, 5.41) is 9.13. The summed E-state index contributed by atoms with van der Waals surface area (Å²) in [4.78, 5) is 11.7. The maximum Gasteiger partial charge on any atom is 0.407 e. The van der Waals surface area contributed by atoms with Gasteiger partial charge in [-0.3, -0.25) is 0 Å². The van der Waals surface area contributed by atoms with Crippen molar-refractivity contribution < 1.29 is 9.90 Å². The molecule has 1 aromatic rings. The number of rotatable bonds is 2. The van der Waals surface area contributed by atoms with Crippen molar-refractivity contribution in [3.8, 4) is 0 Å². The van der Waals surface area contributed by atoms with E-state index >= 15 is 0 Å². The quantitative estimate of drug-likeness (QED) is 0.741. The third-order valence-corrected chi connectivity index (χ3v) is 2.16. The average Bonchev–Trinajstić information content (AvgIpc) is 2.09. The van der Waals surface area contributed by atoms with Crippen molar-refractivity contribution >= 4 is 23.4 Å². The Morgan fingerprint density at radius 3 is 2.79 bits per heavy atom. The molecule has 0 saturated carbocycles. The molecule has 0 saturated heterocycles. The van der Waals surface area contributed by atoms with Crippen molar-refractivity contribution in [2.75, 3.05) is 12.8 Å². The smallest absolute Gasteiger partial charge is 0.407 e. The molecule has 0 aliphatic rings. The van der Waals surface area contributed by atoms with Crippen molar-refractivity contribution in [2.45, 2.75) is 6.54 Å². The van der Waals surface area contributed by atoms with Gasteiger partial charge in [-0.05, 0) is 17.7 Å². The minimum atomic E-state index is -0.988. The third-order valence-electron chi connectivity index (χ3n) is 1.81. The third kappa shape index (κ3) is 2.53. The highest BCUT2D eigenvalue weighted by atomic mass is 35.5. The van der Waals surface area contributed by atoms with Gasteiger partial charge in [0.2, 0.25) is 0 Å². The molecule has 1 rings (SSSR count). The van der Waals surface area contributed by atoms with Gasteiger partial charge in [-0.25, -0.2) is 4.79 Å². The van der Waals surface area contributed by atoms with Crippen LogP contribution in [0.2, 0.25) is 5.02 Å². The van der Waals surface area contributed by atoms with Crippen LogP contribution >= 0.6 is 11.6 Å². The lowest BCUT2D eigenvalue weighted by atomic mass is 10.2. The summed E-state index contributed by atoms with van der Waals surface area (Å²) in [5.74, 6) is 0. The second kappa shape index (κ2) is 4.19. The molecule has 14 heavy (non-hydrogen) atoms. The van der Waals surface area contributed by atoms with Crippen LogP contribution in [0.1, 0.15) is 5.56 Å². The van der Waals surface area contributed by atoms with Gasteiger partial charge in [0, 0.05) is 17.8 Å². The number of hydrogen-bond acceptors (Lipinski definition) is 2. The predicted octanol–water partition coefficient (Wildman–Crippen LogP) is 2.03. The zero-order chi connectivity index (χ0) is 10.7. The van der Waals surface area contributed by atoms with Crippen molar-refractivity contribution in [3.63, 3.8) is 0 Å². The molecule has 0 unspecified atom stereocenters. The van der Waals surface area contributed by atoms with E-state index in [1.807, 2.05) is 0 Å². The second-order valence-corrected chi connectivity index (χ2v) is 3.40. The monoisotopic (exact) mass is 214 g/mol. The number of carbonyl (C=O) groups is 1. The molecule has 1 amide bonds. The highest BCUT2D eigenvalue weighted by Gasteiger charge is 2.08. The Balaban J connectivity index is 2.82. The average molecular weight is 215 g/mol. The highest BCUT2D eigenvalue weighted by molar-refractivity contribution is 6.31.